The lowest BCUT2D eigenvalue weighted by atomic mass is 9.85. The molecule has 0 aromatic rings. The molecule has 1 aliphatic heterocycles. The molecule has 20 heavy (non-hydrogen) atoms. The molecule has 5 nitrogen and oxygen atoms in total. The first kappa shape index (κ1) is 17.2. The van der Waals surface area contributed by atoms with Crippen LogP contribution in [0, 0.1) is 5.92 Å². The van der Waals surface area contributed by atoms with Crippen LogP contribution >= 0.6 is 12.4 Å². The molecule has 0 bridgehead atoms. The van der Waals surface area contributed by atoms with Crippen molar-refractivity contribution in [1.82, 2.24) is 10.2 Å². The van der Waals surface area contributed by atoms with Crippen LogP contribution in [-0.2, 0) is 14.3 Å². The lowest BCUT2D eigenvalue weighted by Crippen LogP contribution is -2.57. The maximum Gasteiger partial charge on any atom is 0.308 e. The quantitative estimate of drug-likeness (QED) is 0.779. The summed E-state index contributed by atoms with van der Waals surface area (Å²) in [7, 11) is 0. The third-order valence-corrected chi connectivity index (χ3v) is 3.82. The van der Waals surface area contributed by atoms with E-state index in [1.54, 1.807) is 0 Å². The number of rotatable bonds is 5. The molecule has 1 heterocycles. The van der Waals surface area contributed by atoms with Gasteiger partial charge in [-0.15, -0.1) is 12.4 Å². The van der Waals surface area contributed by atoms with Gasteiger partial charge in [0.25, 0.3) is 0 Å². The number of piperazine rings is 1. The Morgan fingerprint density at radius 1 is 1.45 bits per heavy atom. The van der Waals surface area contributed by atoms with Crippen molar-refractivity contribution >= 4 is 24.3 Å². The molecule has 1 amide bonds. The number of amides is 1. The van der Waals surface area contributed by atoms with Gasteiger partial charge in [0.15, 0.2) is 0 Å². The maximum atomic E-state index is 12.3. The second kappa shape index (κ2) is 7.84. The second-order valence-electron chi connectivity index (χ2n) is 5.83. The Morgan fingerprint density at radius 2 is 2.15 bits per heavy atom. The van der Waals surface area contributed by atoms with E-state index in [-0.39, 0.29) is 36.8 Å². The minimum Gasteiger partial charge on any atom is -0.463 e. The van der Waals surface area contributed by atoms with Crippen LogP contribution in [-0.4, -0.2) is 48.6 Å². The van der Waals surface area contributed by atoms with Gasteiger partial charge >= 0.3 is 5.97 Å². The Hall–Kier alpha value is -0.810. The topological polar surface area (TPSA) is 58.6 Å². The summed E-state index contributed by atoms with van der Waals surface area (Å²) in [4.78, 5) is 25.8. The SMILES string of the molecule is CC(C)OC(=O)CC1NCCN(CC2CCC2)C1=O.Cl. The number of carbonyl (C=O) groups excluding carboxylic acids is 2. The fourth-order valence-electron chi connectivity index (χ4n) is 2.60. The summed E-state index contributed by atoms with van der Waals surface area (Å²) in [5.74, 6) is 0.426. The van der Waals surface area contributed by atoms with Gasteiger partial charge in [-0.1, -0.05) is 6.42 Å². The molecule has 2 fully saturated rings. The number of halogens is 1. The number of ether oxygens (including phenoxy) is 1. The van der Waals surface area contributed by atoms with E-state index in [2.05, 4.69) is 5.32 Å². The Morgan fingerprint density at radius 3 is 2.70 bits per heavy atom. The highest BCUT2D eigenvalue weighted by Gasteiger charge is 2.32. The van der Waals surface area contributed by atoms with E-state index in [0.717, 1.165) is 19.6 Å². The van der Waals surface area contributed by atoms with E-state index in [1.165, 1.54) is 19.3 Å². The molecule has 0 radical (unpaired) electrons. The van der Waals surface area contributed by atoms with Crippen molar-refractivity contribution in [2.24, 2.45) is 5.92 Å². The lowest BCUT2D eigenvalue weighted by Gasteiger charge is -2.37. The summed E-state index contributed by atoms with van der Waals surface area (Å²) >= 11 is 0. The standard InChI is InChI=1S/C14H24N2O3.ClH/c1-10(2)19-13(17)8-12-14(18)16(7-6-15-12)9-11-4-3-5-11;/h10-12,15H,3-9H2,1-2H3;1H. The van der Waals surface area contributed by atoms with Crippen LogP contribution in [0.3, 0.4) is 0 Å². The van der Waals surface area contributed by atoms with Crippen molar-refractivity contribution in [2.45, 2.75) is 51.7 Å². The zero-order chi connectivity index (χ0) is 13.8. The lowest BCUT2D eigenvalue weighted by molar-refractivity contribution is -0.151. The second-order valence-corrected chi connectivity index (χ2v) is 5.83. The number of hydrogen-bond donors (Lipinski definition) is 1. The average molecular weight is 305 g/mol. The summed E-state index contributed by atoms with van der Waals surface area (Å²) in [6, 6.07) is -0.403. The first-order valence-corrected chi connectivity index (χ1v) is 7.28. The Labute approximate surface area is 126 Å². The molecule has 0 aromatic heterocycles. The monoisotopic (exact) mass is 304 g/mol. The normalized spacial score (nSPS) is 23.2. The van der Waals surface area contributed by atoms with Crippen molar-refractivity contribution in [3.05, 3.63) is 0 Å². The first-order chi connectivity index (χ1) is 9.06. The molecular weight excluding hydrogens is 280 g/mol. The predicted molar refractivity (Wildman–Crippen MR) is 78.8 cm³/mol. The van der Waals surface area contributed by atoms with Crippen LogP contribution in [0.2, 0.25) is 0 Å². The van der Waals surface area contributed by atoms with Crippen molar-refractivity contribution in [3.63, 3.8) is 0 Å². The number of esters is 1. The molecule has 1 atom stereocenters. The van der Waals surface area contributed by atoms with Gasteiger partial charge in [-0.05, 0) is 32.6 Å². The summed E-state index contributed by atoms with van der Waals surface area (Å²) in [5, 5.41) is 3.12. The molecule has 1 aliphatic carbocycles. The molecule has 1 N–H and O–H groups in total. The Balaban J connectivity index is 0.00000200. The molecule has 2 aliphatic rings. The number of nitrogens with one attached hydrogen (secondary N) is 1. The minimum atomic E-state index is -0.403. The van der Waals surface area contributed by atoms with Gasteiger partial charge in [-0.3, -0.25) is 9.59 Å². The highest BCUT2D eigenvalue weighted by molar-refractivity contribution is 5.87. The molecule has 1 saturated carbocycles. The third kappa shape index (κ3) is 4.63. The van der Waals surface area contributed by atoms with Crippen LogP contribution in [0.5, 0.6) is 0 Å². The maximum absolute atomic E-state index is 12.3. The molecule has 6 heteroatoms. The molecule has 0 spiro atoms. The van der Waals surface area contributed by atoms with Crippen LogP contribution in [0.15, 0.2) is 0 Å². The van der Waals surface area contributed by atoms with Crippen molar-refractivity contribution in [2.75, 3.05) is 19.6 Å². The highest BCUT2D eigenvalue weighted by Crippen LogP contribution is 2.27. The van der Waals surface area contributed by atoms with Gasteiger partial charge in [-0.25, -0.2) is 0 Å². The van der Waals surface area contributed by atoms with Crippen LogP contribution in [0.1, 0.15) is 39.5 Å². The zero-order valence-corrected chi connectivity index (χ0v) is 13.1. The largest absolute Gasteiger partial charge is 0.463 e. The zero-order valence-electron chi connectivity index (χ0n) is 12.3. The number of hydrogen-bond acceptors (Lipinski definition) is 4. The van der Waals surface area contributed by atoms with Gasteiger partial charge in [0, 0.05) is 19.6 Å². The Bertz CT molecular complexity index is 345. The van der Waals surface area contributed by atoms with E-state index in [0.29, 0.717) is 5.92 Å². The van der Waals surface area contributed by atoms with Crippen LogP contribution < -0.4 is 5.32 Å². The fourth-order valence-corrected chi connectivity index (χ4v) is 2.60. The van der Waals surface area contributed by atoms with E-state index >= 15 is 0 Å². The number of nitrogens with zero attached hydrogens (tertiary/aromatic N) is 1. The molecule has 1 unspecified atom stereocenters. The molecule has 1 saturated heterocycles. The first-order valence-electron chi connectivity index (χ1n) is 7.28. The molecule has 116 valence electrons. The highest BCUT2D eigenvalue weighted by atomic mass is 35.5. The van der Waals surface area contributed by atoms with E-state index in [1.807, 2.05) is 18.7 Å². The van der Waals surface area contributed by atoms with Gasteiger partial charge in [0.2, 0.25) is 5.91 Å². The van der Waals surface area contributed by atoms with E-state index in [9.17, 15) is 9.59 Å². The smallest absolute Gasteiger partial charge is 0.308 e. The van der Waals surface area contributed by atoms with Crippen LogP contribution in [0.25, 0.3) is 0 Å². The van der Waals surface area contributed by atoms with E-state index in [4.69, 9.17) is 4.74 Å². The van der Waals surface area contributed by atoms with Gasteiger partial charge in [0.05, 0.1) is 18.6 Å². The van der Waals surface area contributed by atoms with Gasteiger partial charge in [-0.2, -0.15) is 0 Å². The molecular formula is C14H25ClN2O3. The van der Waals surface area contributed by atoms with Gasteiger partial charge < -0.3 is 15.0 Å². The number of carbonyl (C=O) groups is 2. The minimum absolute atomic E-state index is 0. The fraction of sp³-hybridized carbons (Fsp3) is 0.857. The summed E-state index contributed by atoms with van der Waals surface area (Å²) < 4.78 is 5.10. The molecule has 2 rings (SSSR count). The van der Waals surface area contributed by atoms with Crippen molar-refractivity contribution in [3.8, 4) is 0 Å². The summed E-state index contributed by atoms with van der Waals surface area (Å²) in [6.07, 6.45) is 3.76. The third-order valence-electron chi connectivity index (χ3n) is 3.82. The van der Waals surface area contributed by atoms with Gasteiger partial charge in [0.1, 0.15) is 0 Å². The average Bonchev–Trinajstić information content (AvgIpc) is 2.26. The van der Waals surface area contributed by atoms with Crippen molar-refractivity contribution in [1.29, 1.82) is 0 Å². The van der Waals surface area contributed by atoms with Crippen LogP contribution in [0.4, 0.5) is 0 Å². The predicted octanol–water partition coefficient (Wildman–Crippen LogP) is 1.35. The Kier molecular flexibility index (Phi) is 6.76. The molecule has 0 aromatic carbocycles. The van der Waals surface area contributed by atoms with E-state index < -0.39 is 6.04 Å². The summed E-state index contributed by atoms with van der Waals surface area (Å²) in [5.41, 5.74) is 0. The summed E-state index contributed by atoms with van der Waals surface area (Å²) in [6.45, 7) is 6.01. The van der Waals surface area contributed by atoms with Crippen molar-refractivity contribution < 1.29 is 14.3 Å².